The summed E-state index contributed by atoms with van der Waals surface area (Å²) in [4.78, 5) is 18.1. The van der Waals surface area contributed by atoms with Crippen molar-refractivity contribution in [2.75, 3.05) is 31.9 Å². The van der Waals surface area contributed by atoms with Gasteiger partial charge in [-0.15, -0.1) is 0 Å². The Morgan fingerprint density at radius 3 is 2.46 bits per heavy atom. The minimum absolute atomic E-state index is 0.0201. The molecule has 0 saturated carbocycles. The number of carbonyl (C=O) groups excluding carboxylic acids is 1. The van der Waals surface area contributed by atoms with Gasteiger partial charge in [-0.3, -0.25) is 9.69 Å². The summed E-state index contributed by atoms with van der Waals surface area (Å²) in [5, 5.41) is 3.01. The van der Waals surface area contributed by atoms with Crippen LogP contribution in [0.4, 0.5) is 0 Å². The van der Waals surface area contributed by atoms with Crippen LogP contribution in [-0.4, -0.2) is 62.1 Å². The molecule has 1 saturated heterocycles. The number of hydrogen-bond acceptors (Lipinski definition) is 6. The summed E-state index contributed by atoms with van der Waals surface area (Å²) in [6.45, 7) is 3.60. The quantitative estimate of drug-likeness (QED) is 0.461. The molecule has 1 aromatic heterocycles. The SMILES string of the molecule is O=C(CC1c2ccccc2CCN1C1CCN(CCS(=O)(=O)c2ccccc2)CC1)NCc1ccco1. The molecule has 2 aromatic carbocycles. The number of sulfone groups is 1. The van der Waals surface area contributed by atoms with Gasteiger partial charge in [0.2, 0.25) is 5.91 Å². The van der Waals surface area contributed by atoms with Gasteiger partial charge in [-0.25, -0.2) is 8.42 Å². The van der Waals surface area contributed by atoms with E-state index in [1.54, 1.807) is 30.5 Å². The summed E-state index contributed by atoms with van der Waals surface area (Å²) in [5.41, 5.74) is 2.57. The van der Waals surface area contributed by atoms with Crippen LogP contribution in [0.25, 0.3) is 0 Å². The zero-order chi connectivity index (χ0) is 25.7. The number of fused-ring (bicyclic) bond motifs is 1. The third-order valence-electron chi connectivity index (χ3n) is 7.68. The molecule has 2 aliphatic heterocycles. The van der Waals surface area contributed by atoms with E-state index in [2.05, 4.69) is 39.4 Å². The van der Waals surface area contributed by atoms with Crippen LogP contribution in [0, 0.1) is 0 Å². The number of nitrogens with one attached hydrogen (secondary N) is 1. The second-order valence-electron chi connectivity index (χ2n) is 9.97. The number of benzene rings is 2. The van der Waals surface area contributed by atoms with Crippen molar-refractivity contribution in [3.05, 3.63) is 89.9 Å². The van der Waals surface area contributed by atoms with Gasteiger partial charge in [0.15, 0.2) is 9.84 Å². The van der Waals surface area contributed by atoms with Crippen molar-refractivity contribution in [2.24, 2.45) is 0 Å². The van der Waals surface area contributed by atoms with Crippen LogP contribution in [0.2, 0.25) is 0 Å². The van der Waals surface area contributed by atoms with E-state index in [-0.39, 0.29) is 17.7 Å². The maximum atomic E-state index is 12.9. The lowest BCUT2D eigenvalue weighted by molar-refractivity contribution is -0.123. The van der Waals surface area contributed by atoms with E-state index in [9.17, 15) is 13.2 Å². The van der Waals surface area contributed by atoms with Crippen LogP contribution in [0.3, 0.4) is 0 Å². The molecular weight excluding hydrogens is 486 g/mol. The van der Waals surface area contributed by atoms with Gasteiger partial charge in [0.25, 0.3) is 0 Å². The highest BCUT2D eigenvalue weighted by molar-refractivity contribution is 7.91. The van der Waals surface area contributed by atoms with Gasteiger partial charge in [0, 0.05) is 31.6 Å². The molecule has 3 aromatic rings. The molecule has 196 valence electrons. The molecule has 1 atom stereocenters. The van der Waals surface area contributed by atoms with Crippen LogP contribution >= 0.6 is 0 Å². The molecule has 1 fully saturated rings. The minimum atomic E-state index is -3.27. The van der Waals surface area contributed by atoms with E-state index in [0.29, 0.717) is 30.4 Å². The van der Waals surface area contributed by atoms with Gasteiger partial charge in [-0.05, 0) is 67.7 Å². The number of amides is 1. The molecular formula is C29H35N3O4S. The second kappa shape index (κ2) is 11.6. The maximum Gasteiger partial charge on any atom is 0.222 e. The number of nitrogens with zero attached hydrogens (tertiary/aromatic N) is 2. The van der Waals surface area contributed by atoms with Gasteiger partial charge in [0.05, 0.1) is 23.5 Å². The molecule has 0 bridgehead atoms. The number of rotatable bonds is 9. The first-order chi connectivity index (χ1) is 18.0. The van der Waals surface area contributed by atoms with Crippen molar-refractivity contribution in [1.82, 2.24) is 15.1 Å². The van der Waals surface area contributed by atoms with Crippen LogP contribution in [0.1, 0.15) is 42.2 Å². The largest absolute Gasteiger partial charge is 0.467 e. The normalized spacial score (nSPS) is 19.4. The molecule has 0 aliphatic carbocycles. The van der Waals surface area contributed by atoms with Crippen LogP contribution in [-0.2, 0) is 27.6 Å². The molecule has 2 aliphatic rings. The fraction of sp³-hybridized carbons (Fsp3) is 0.414. The Balaban J connectivity index is 1.20. The van der Waals surface area contributed by atoms with Crippen LogP contribution in [0.15, 0.2) is 82.3 Å². The average Bonchev–Trinajstić information content (AvgIpc) is 3.46. The first kappa shape index (κ1) is 25.7. The molecule has 3 heterocycles. The highest BCUT2D eigenvalue weighted by Crippen LogP contribution is 2.36. The van der Waals surface area contributed by atoms with Crippen molar-refractivity contribution in [3.8, 4) is 0 Å². The lowest BCUT2D eigenvalue weighted by Crippen LogP contribution is -2.50. The monoisotopic (exact) mass is 521 g/mol. The molecule has 8 heteroatoms. The smallest absolute Gasteiger partial charge is 0.222 e. The molecule has 1 N–H and O–H groups in total. The minimum Gasteiger partial charge on any atom is -0.467 e. The molecule has 1 unspecified atom stereocenters. The van der Waals surface area contributed by atoms with E-state index in [1.165, 1.54) is 11.1 Å². The zero-order valence-electron chi connectivity index (χ0n) is 21.1. The van der Waals surface area contributed by atoms with Gasteiger partial charge >= 0.3 is 0 Å². The Hall–Kier alpha value is -2.94. The maximum absolute atomic E-state index is 12.9. The van der Waals surface area contributed by atoms with Gasteiger partial charge in [0.1, 0.15) is 5.76 Å². The second-order valence-corrected chi connectivity index (χ2v) is 12.1. The van der Waals surface area contributed by atoms with Crippen molar-refractivity contribution < 1.29 is 17.6 Å². The predicted octanol–water partition coefficient (Wildman–Crippen LogP) is 3.82. The standard InChI is InChI=1S/C29H35N3O4S/c33-29(30-22-25-8-6-19-36-25)21-28-27-11-5-4-7-23(27)12-17-32(28)24-13-15-31(16-14-24)18-20-37(34,35)26-9-2-1-3-10-26/h1-11,19,24,28H,12-18,20-22H2,(H,30,33). The zero-order valence-corrected chi connectivity index (χ0v) is 21.9. The third kappa shape index (κ3) is 6.32. The lowest BCUT2D eigenvalue weighted by atomic mass is 9.87. The van der Waals surface area contributed by atoms with Crippen molar-refractivity contribution >= 4 is 15.7 Å². The van der Waals surface area contributed by atoms with Gasteiger partial charge in [-0.1, -0.05) is 42.5 Å². The summed E-state index contributed by atoms with van der Waals surface area (Å²) >= 11 is 0. The predicted molar refractivity (Wildman–Crippen MR) is 143 cm³/mol. The lowest BCUT2D eigenvalue weighted by Gasteiger charge is -2.45. The van der Waals surface area contributed by atoms with E-state index in [0.717, 1.165) is 44.7 Å². The summed E-state index contributed by atoms with van der Waals surface area (Å²) in [6, 6.07) is 21.3. The Morgan fingerprint density at radius 1 is 0.946 bits per heavy atom. The summed E-state index contributed by atoms with van der Waals surface area (Å²) in [7, 11) is -3.27. The van der Waals surface area contributed by atoms with E-state index in [4.69, 9.17) is 4.42 Å². The fourth-order valence-corrected chi connectivity index (χ4v) is 6.96. The topological polar surface area (TPSA) is 82.9 Å². The first-order valence-electron chi connectivity index (χ1n) is 13.1. The Labute approximate surface area is 219 Å². The Morgan fingerprint density at radius 2 is 1.70 bits per heavy atom. The fourth-order valence-electron chi connectivity index (χ4n) is 5.65. The first-order valence-corrected chi connectivity index (χ1v) is 14.8. The summed E-state index contributed by atoms with van der Waals surface area (Å²) in [5.74, 6) is 0.902. The van der Waals surface area contributed by atoms with Gasteiger partial charge < -0.3 is 14.6 Å². The molecule has 0 radical (unpaired) electrons. The van der Waals surface area contributed by atoms with E-state index >= 15 is 0 Å². The molecule has 1 amide bonds. The highest BCUT2D eigenvalue weighted by atomic mass is 32.2. The third-order valence-corrected chi connectivity index (χ3v) is 9.39. The number of carbonyl (C=O) groups is 1. The Kier molecular flexibility index (Phi) is 8.08. The summed E-state index contributed by atoms with van der Waals surface area (Å²) in [6.07, 6.45) is 4.95. The molecule has 0 spiro atoms. The number of hydrogen-bond donors (Lipinski definition) is 1. The van der Waals surface area contributed by atoms with E-state index in [1.807, 2.05) is 18.2 Å². The number of likely N-dealkylation sites (tertiary alicyclic amines) is 1. The Bertz CT molecular complexity index is 1270. The average molecular weight is 522 g/mol. The van der Waals surface area contributed by atoms with Crippen molar-refractivity contribution in [1.29, 1.82) is 0 Å². The van der Waals surface area contributed by atoms with Crippen LogP contribution < -0.4 is 5.32 Å². The number of furan rings is 1. The molecule has 7 nitrogen and oxygen atoms in total. The molecule has 5 rings (SSSR count). The number of piperidine rings is 1. The molecule has 37 heavy (non-hydrogen) atoms. The summed E-state index contributed by atoms with van der Waals surface area (Å²) < 4.78 is 30.8. The highest BCUT2D eigenvalue weighted by Gasteiger charge is 2.35. The van der Waals surface area contributed by atoms with Crippen molar-refractivity contribution in [2.45, 2.75) is 49.2 Å². The van der Waals surface area contributed by atoms with Crippen LogP contribution in [0.5, 0.6) is 0 Å². The van der Waals surface area contributed by atoms with Crippen molar-refractivity contribution in [3.63, 3.8) is 0 Å². The van der Waals surface area contributed by atoms with Gasteiger partial charge in [-0.2, -0.15) is 0 Å². The van der Waals surface area contributed by atoms with E-state index < -0.39 is 9.84 Å².